The molecule has 0 amide bonds. The van der Waals surface area contributed by atoms with Crippen molar-refractivity contribution in [2.24, 2.45) is 0 Å². The second-order valence-corrected chi connectivity index (χ2v) is 4.32. The van der Waals surface area contributed by atoms with Gasteiger partial charge < -0.3 is 29.2 Å². The summed E-state index contributed by atoms with van der Waals surface area (Å²) < 4.78 is 21.1. The number of hydrogen-bond acceptors (Lipinski definition) is 7. The van der Waals surface area contributed by atoms with Gasteiger partial charge in [-0.15, -0.1) is 0 Å². The van der Waals surface area contributed by atoms with E-state index < -0.39 is 0 Å². The van der Waals surface area contributed by atoms with E-state index in [2.05, 4.69) is 4.90 Å². The number of ether oxygens (including phenoxy) is 4. The van der Waals surface area contributed by atoms with Crippen molar-refractivity contribution in [1.29, 1.82) is 0 Å². The van der Waals surface area contributed by atoms with Crippen LogP contribution in [-0.2, 0) is 18.9 Å². The molecule has 21 heavy (non-hydrogen) atoms. The third-order valence-electron chi connectivity index (χ3n) is 2.70. The number of aliphatic hydroxyl groups excluding tert-OH is 2. The minimum Gasteiger partial charge on any atom is -0.395 e. The van der Waals surface area contributed by atoms with E-state index in [1.807, 2.05) is 6.92 Å². The quantitative estimate of drug-likeness (QED) is 0.346. The predicted octanol–water partition coefficient (Wildman–Crippen LogP) is -0.641. The summed E-state index contributed by atoms with van der Waals surface area (Å²) in [5, 5.41) is 17.6. The van der Waals surface area contributed by atoms with Gasteiger partial charge in [-0.25, -0.2) is 0 Å². The first-order chi connectivity index (χ1) is 10.3. The standard InChI is InChI=1S/C14H31NO6/c1-2-18-11-12-19-8-4-15(3-6-16)5-9-20-13-14-21-10-7-17/h16-17H,2-14H2,1H3. The summed E-state index contributed by atoms with van der Waals surface area (Å²) in [5.74, 6) is 0. The summed E-state index contributed by atoms with van der Waals surface area (Å²) in [6, 6.07) is 0. The minimum atomic E-state index is 0.0353. The van der Waals surface area contributed by atoms with E-state index in [-0.39, 0.29) is 13.2 Å². The monoisotopic (exact) mass is 309 g/mol. The molecule has 0 atom stereocenters. The first kappa shape index (κ1) is 20.7. The van der Waals surface area contributed by atoms with Gasteiger partial charge in [0, 0.05) is 26.2 Å². The first-order valence-corrected chi connectivity index (χ1v) is 7.60. The van der Waals surface area contributed by atoms with Crippen molar-refractivity contribution < 1.29 is 29.2 Å². The second kappa shape index (κ2) is 17.8. The van der Waals surface area contributed by atoms with Gasteiger partial charge in [-0.1, -0.05) is 0 Å². The molecule has 0 aliphatic rings. The van der Waals surface area contributed by atoms with Crippen LogP contribution in [0.4, 0.5) is 0 Å². The van der Waals surface area contributed by atoms with E-state index in [1.54, 1.807) is 0 Å². The molecule has 0 aliphatic heterocycles. The van der Waals surface area contributed by atoms with Crippen molar-refractivity contribution in [2.45, 2.75) is 6.92 Å². The first-order valence-electron chi connectivity index (χ1n) is 7.60. The Morgan fingerprint density at radius 2 is 1.14 bits per heavy atom. The molecular formula is C14H31NO6. The summed E-state index contributed by atoms with van der Waals surface area (Å²) >= 11 is 0. The normalized spacial score (nSPS) is 11.4. The molecule has 2 N–H and O–H groups in total. The van der Waals surface area contributed by atoms with Crippen LogP contribution in [0, 0.1) is 0 Å². The highest BCUT2D eigenvalue weighted by Crippen LogP contribution is 1.90. The number of rotatable bonds is 17. The lowest BCUT2D eigenvalue weighted by Crippen LogP contribution is -2.34. The summed E-state index contributed by atoms with van der Waals surface area (Å²) in [4.78, 5) is 2.09. The average Bonchev–Trinajstić information content (AvgIpc) is 2.49. The highest BCUT2D eigenvalue weighted by molar-refractivity contribution is 4.56. The van der Waals surface area contributed by atoms with Crippen LogP contribution in [0.15, 0.2) is 0 Å². The molecule has 128 valence electrons. The van der Waals surface area contributed by atoms with E-state index in [1.165, 1.54) is 0 Å². The SMILES string of the molecule is CCOCCOCCN(CCO)CCOCCOCCO. The van der Waals surface area contributed by atoms with Gasteiger partial charge in [0.1, 0.15) is 0 Å². The van der Waals surface area contributed by atoms with Crippen LogP contribution in [-0.4, -0.2) is 101 Å². The van der Waals surface area contributed by atoms with E-state index in [9.17, 15) is 0 Å². The Bertz CT molecular complexity index is 196. The highest BCUT2D eigenvalue weighted by Gasteiger charge is 2.04. The fourth-order valence-electron chi connectivity index (χ4n) is 1.61. The van der Waals surface area contributed by atoms with Crippen LogP contribution in [0.1, 0.15) is 6.92 Å². The molecule has 0 unspecified atom stereocenters. The van der Waals surface area contributed by atoms with Crippen LogP contribution < -0.4 is 0 Å². The largest absolute Gasteiger partial charge is 0.395 e. The topological polar surface area (TPSA) is 80.6 Å². The Balaban J connectivity index is 3.44. The highest BCUT2D eigenvalue weighted by atomic mass is 16.5. The van der Waals surface area contributed by atoms with E-state index in [0.29, 0.717) is 59.4 Å². The van der Waals surface area contributed by atoms with Crippen LogP contribution in [0.25, 0.3) is 0 Å². The lowest BCUT2D eigenvalue weighted by Gasteiger charge is -2.21. The van der Waals surface area contributed by atoms with Crippen LogP contribution in [0.3, 0.4) is 0 Å². The summed E-state index contributed by atoms with van der Waals surface area (Å²) in [5.41, 5.74) is 0. The maximum atomic E-state index is 9.02. The second-order valence-electron chi connectivity index (χ2n) is 4.32. The smallest absolute Gasteiger partial charge is 0.0701 e. The molecule has 7 heteroatoms. The molecule has 0 aromatic carbocycles. The molecule has 0 aromatic heterocycles. The summed E-state index contributed by atoms with van der Waals surface area (Å²) in [6.07, 6.45) is 0. The Labute approximate surface area is 127 Å². The third kappa shape index (κ3) is 15.9. The molecular weight excluding hydrogens is 278 g/mol. The third-order valence-corrected chi connectivity index (χ3v) is 2.70. The van der Waals surface area contributed by atoms with E-state index in [0.717, 1.165) is 13.1 Å². The van der Waals surface area contributed by atoms with E-state index >= 15 is 0 Å². The zero-order valence-electron chi connectivity index (χ0n) is 13.2. The van der Waals surface area contributed by atoms with Gasteiger partial charge in [-0.3, -0.25) is 4.90 Å². The molecule has 0 rings (SSSR count). The summed E-state index contributed by atoms with van der Waals surface area (Å²) in [7, 11) is 0. The van der Waals surface area contributed by atoms with Crippen LogP contribution >= 0.6 is 0 Å². The van der Waals surface area contributed by atoms with Gasteiger partial charge >= 0.3 is 0 Å². The van der Waals surface area contributed by atoms with E-state index in [4.69, 9.17) is 29.2 Å². The van der Waals surface area contributed by atoms with Crippen LogP contribution in [0.5, 0.6) is 0 Å². The fraction of sp³-hybridized carbons (Fsp3) is 1.00. The van der Waals surface area contributed by atoms with Gasteiger partial charge in [0.2, 0.25) is 0 Å². The average molecular weight is 309 g/mol. The molecule has 0 fully saturated rings. The number of hydrogen-bond donors (Lipinski definition) is 2. The molecule has 0 radical (unpaired) electrons. The van der Waals surface area contributed by atoms with Gasteiger partial charge in [-0.05, 0) is 6.92 Å². The molecule has 0 heterocycles. The lowest BCUT2D eigenvalue weighted by molar-refractivity contribution is 0.0169. The molecule has 0 saturated carbocycles. The Morgan fingerprint density at radius 3 is 1.62 bits per heavy atom. The van der Waals surface area contributed by atoms with Crippen molar-refractivity contribution in [1.82, 2.24) is 4.90 Å². The lowest BCUT2D eigenvalue weighted by atomic mass is 10.4. The fourth-order valence-corrected chi connectivity index (χ4v) is 1.61. The molecule has 0 bridgehead atoms. The predicted molar refractivity (Wildman–Crippen MR) is 79.6 cm³/mol. The minimum absolute atomic E-state index is 0.0353. The van der Waals surface area contributed by atoms with Gasteiger partial charge in [0.15, 0.2) is 0 Å². The molecule has 0 saturated heterocycles. The number of aliphatic hydroxyl groups is 2. The summed E-state index contributed by atoms with van der Waals surface area (Å²) in [6.45, 7) is 8.70. The van der Waals surface area contributed by atoms with Gasteiger partial charge in [0.25, 0.3) is 0 Å². The maximum absolute atomic E-state index is 9.02. The van der Waals surface area contributed by atoms with Gasteiger partial charge in [0.05, 0.1) is 59.5 Å². The molecule has 0 aliphatic carbocycles. The van der Waals surface area contributed by atoms with Crippen LogP contribution in [0.2, 0.25) is 0 Å². The van der Waals surface area contributed by atoms with Crippen molar-refractivity contribution in [3.05, 3.63) is 0 Å². The van der Waals surface area contributed by atoms with Crippen molar-refractivity contribution >= 4 is 0 Å². The van der Waals surface area contributed by atoms with Crippen molar-refractivity contribution in [2.75, 3.05) is 85.7 Å². The number of nitrogens with zero attached hydrogens (tertiary/aromatic N) is 1. The molecule has 0 aromatic rings. The molecule has 7 nitrogen and oxygen atoms in total. The Kier molecular flexibility index (Phi) is 17.5. The zero-order chi connectivity index (χ0) is 15.6. The zero-order valence-corrected chi connectivity index (χ0v) is 13.2. The Hall–Kier alpha value is -0.280. The van der Waals surface area contributed by atoms with Crippen molar-refractivity contribution in [3.63, 3.8) is 0 Å². The van der Waals surface area contributed by atoms with Gasteiger partial charge in [-0.2, -0.15) is 0 Å². The Morgan fingerprint density at radius 1 is 0.619 bits per heavy atom. The van der Waals surface area contributed by atoms with Crippen molar-refractivity contribution in [3.8, 4) is 0 Å². The molecule has 0 spiro atoms. The maximum Gasteiger partial charge on any atom is 0.0701 e.